The summed E-state index contributed by atoms with van der Waals surface area (Å²) in [6.07, 6.45) is 2.11. The number of alkyl halides is 2. The number of nitrogens with zero attached hydrogens (tertiary/aromatic N) is 3. The van der Waals surface area contributed by atoms with Crippen LogP contribution in [0.2, 0.25) is 0 Å². The zero-order valence-electron chi connectivity index (χ0n) is 22.1. The number of anilines is 1. The minimum atomic E-state index is -0.251. The normalized spacial score (nSPS) is 11.2. The smallest absolute Gasteiger partial charge is 0.255 e. The molecule has 4 aromatic rings. The highest BCUT2D eigenvalue weighted by Gasteiger charge is 2.15. The van der Waals surface area contributed by atoms with E-state index >= 15 is 0 Å². The monoisotopic (exact) mass is 582 g/mol. The second-order valence-electron chi connectivity index (χ2n) is 9.38. The van der Waals surface area contributed by atoms with E-state index in [0.717, 1.165) is 24.3 Å². The molecular weight excluding hydrogens is 551 g/mol. The summed E-state index contributed by atoms with van der Waals surface area (Å²) < 4.78 is 1.87. The molecule has 40 heavy (non-hydrogen) atoms. The van der Waals surface area contributed by atoms with Gasteiger partial charge in [0.2, 0.25) is 0 Å². The second kappa shape index (κ2) is 13.5. The molecule has 0 bridgehead atoms. The number of nitrogens with one attached hydrogen (secondary N) is 4. The number of hydrogen-bond acceptors (Lipinski definition) is 5. The minimum absolute atomic E-state index is 0.0220. The van der Waals surface area contributed by atoms with Crippen molar-refractivity contribution in [3.63, 3.8) is 0 Å². The van der Waals surface area contributed by atoms with Gasteiger partial charge >= 0.3 is 0 Å². The van der Waals surface area contributed by atoms with Crippen molar-refractivity contribution in [3.05, 3.63) is 71.4 Å². The molecule has 0 saturated carbocycles. The topological polar surface area (TPSA) is 145 Å². The van der Waals surface area contributed by atoms with E-state index in [9.17, 15) is 9.59 Å². The molecule has 2 heterocycles. The van der Waals surface area contributed by atoms with Gasteiger partial charge < -0.3 is 25.9 Å². The predicted octanol–water partition coefficient (Wildman–Crippen LogP) is 4.16. The summed E-state index contributed by atoms with van der Waals surface area (Å²) in [5.41, 5.74) is 10.3. The van der Waals surface area contributed by atoms with Crippen LogP contribution in [0.4, 0.5) is 5.69 Å². The third kappa shape index (κ3) is 7.41. The first-order valence-electron chi connectivity index (χ1n) is 12.8. The molecule has 2 aromatic heterocycles. The fraction of sp³-hybridized carbons (Fsp3) is 0.286. The Balaban J connectivity index is 1.43. The van der Waals surface area contributed by atoms with Crippen LogP contribution in [0, 0.1) is 5.41 Å². The van der Waals surface area contributed by atoms with Crippen molar-refractivity contribution >= 4 is 57.6 Å². The summed E-state index contributed by atoms with van der Waals surface area (Å²) in [5, 5.41) is 13.0. The van der Waals surface area contributed by atoms with Crippen LogP contribution in [0.3, 0.4) is 0 Å². The van der Waals surface area contributed by atoms with E-state index in [0.29, 0.717) is 64.9 Å². The highest BCUT2D eigenvalue weighted by Crippen LogP contribution is 2.25. The van der Waals surface area contributed by atoms with Crippen LogP contribution in [-0.4, -0.2) is 68.5 Å². The maximum atomic E-state index is 12.9. The number of H-pyrrole nitrogens is 1. The molecule has 4 rings (SSSR count). The maximum Gasteiger partial charge on any atom is 0.255 e. The Kier molecular flexibility index (Phi) is 9.81. The number of benzene rings is 2. The number of fused-ring (bicyclic) bond motifs is 1. The molecule has 0 fully saturated rings. The highest BCUT2D eigenvalue weighted by molar-refractivity contribution is 6.18. The molecule has 0 aliphatic rings. The van der Waals surface area contributed by atoms with Gasteiger partial charge in [-0.05, 0) is 42.0 Å². The standard InChI is InChI=1S/C28H32Cl2N8O2/c1-37-17-21(34-28(40)19-4-2-18(3-5-19)16-38(12-9-29)13-10-30)15-24(37)26-35-22-7-6-20(14-23(22)36-26)27(39)33-11-8-25(31)32/h2-7,14-15,17H,8-13,16H2,1H3,(H3,31,32)(H,33,39)(H,34,40)(H,35,36). The molecular formula is C28H32Cl2N8O2. The lowest BCUT2D eigenvalue weighted by atomic mass is 10.1. The number of carbonyl (C=O) groups excluding carboxylic acids is 2. The Bertz CT molecular complexity index is 1490. The number of aromatic nitrogens is 3. The summed E-state index contributed by atoms with van der Waals surface area (Å²) in [6, 6.07) is 14.5. The zero-order chi connectivity index (χ0) is 28.6. The number of nitrogens with two attached hydrogens (primary N) is 1. The van der Waals surface area contributed by atoms with Crippen molar-refractivity contribution in [2.24, 2.45) is 12.8 Å². The first-order valence-corrected chi connectivity index (χ1v) is 13.9. The van der Waals surface area contributed by atoms with E-state index in [1.165, 1.54) is 0 Å². The van der Waals surface area contributed by atoms with E-state index in [4.69, 9.17) is 34.3 Å². The molecule has 6 N–H and O–H groups in total. The molecule has 0 radical (unpaired) electrons. The maximum absolute atomic E-state index is 12.9. The average Bonchev–Trinajstić information content (AvgIpc) is 3.51. The molecule has 0 unspecified atom stereocenters. The molecule has 2 aromatic carbocycles. The predicted molar refractivity (Wildman–Crippen MR) is 160 cm³/mol. The van der Waals surface area contributed by atoms with Gasteiger partial charge in [0.15, 0.2) is 5.82 Å². The molecule has 0 saturated heterocycles. The van der Waals surface area contributed by atoms with Gasteiger partial charge in [0.25, 0.3) is 11.8 Å². The molecule has 12 heteroatoms. The van der Waals surface area contributed by atoms with Gasteiger partial charge in [-0.1, -0.05) is 12.1 Å². The van der Waals surface area contributed by atoms with Crippen LogP contribution < -0.4 is 16.4 Å². The van der Waals surface area contributed by atoms with Crippen LogP contribution >= 0.6 is 23.2 Å². The third-order valence-corrected chi connectivity index (χ3v) is 6.69. The molecule has 10 nitrogen and oxygen atoms in total. The number of carbonyl (C=O) groups is 2. The summed E-state index contributed by atoms with van der Waals surface area (Å²) in [4.78, 5) is 35.4. The molecule has 210 valence electrons. The average molecular weight is 584 g/mol. The van der Waals surface area contributed by atoms with Gasteiger partial charge in [0.1, 0.15) is 0 Å². The van der Waals surface area contributed by atoms with Crippen LogP contribution in [-0.2, 0) is 13.6 Å². The van der Waals surface area contributed by atoms with E-state index in [-0.39, 0.29) is 17.6 Å². The molecule has 0 atom stereocenters. The Morgan fingerprint density at radius 2 is 1.75 bits per heavy atom. The fourth-order valence-corrected chi connectivity index (χ4v) is 4.76. The molecule has 0 aliphatic carbocycles. The Morgan fingerprint density at radius 3 is 2.42 bits per heavy atom. The Morgan fingerprint density at radius 1 is 1.05 bits per heavy atom. The number of rotatable bonds is 13. The van der Waals surface area contributed by atoms with Crippen molar-refractivity contribution < 1.29 is 9.59 Å². The molecule has 0 spiro atoms. The van der Waals surface area contributed by atoms with E-state index in [1.54, 1.807) is 30.3 Å². The summed E-state index contributed by atoms with van der Waals surface area (Å²) in [5.74, 6) is 1.23. The van der Waals surface area contributed by atoms with Crippen molar-refractivity contribution in [3.8, 4) is 11.5 Å². The first-order chi connectivity index (χ1) is 19.3. The van der Waals surface area contributed by atoms with Crippen LogP contribution in [0.25, 0.3) is 22.6 Å². The van der Waals surface area contributed by atoms with Crippen LogP contribution in [0.5, 0.6) is 0 Å². The number of amidine groups is 1. The van der Waals surface area contributed by atoms with Gasteiger partial charge in [0, 0.05) is 68.7 Å². The van der Waals surface area contributed by atoms with E-state index in [1.807, 2.05) is 36.0 Å². The summed E-state index contributed by atoms with van der Waals surface area (Å²) >= 11 is 11.8. The van der Waals surface area contributed by atoms with Crippen LogP contribution in [0.1, 0.15) is 32.7 Å². The van der Waals surface area contributed by atoms with Gasteiger partial charge in [0.05, 0.1) is 28.3 Å². The fourth-order valence-electron chi connectivity index (χ4n) is 4.29. The molecule has 2 amide bonds. The summed E-state index contributed by atoms with van der Waals surface area (Å²) in [7, 11) is 1.87. The van der Waals surface area contributed by atoms with Gasteiger partial charge in [-0.15, -0.1) is 23.2 Å². The van der Waals surface area contributed by atoms with Gasteiger partial charge in [-0.3, -0.25) is 19.9 Å². The number of imidazole rings is 1. The number of aromatic amines is 1. The van der Waals surface area contributed by atoms with E-state index < -0.39 is 0 Å². The third-order valence-electron chi connectivity index (χ3n) is 6.35. The summed E-state index contributed by atoms with van der Waals surface area (Å²) in [6.45, 7) is 2.50. The lowest BCUT2D eigenvalue weighted by Crippen LogP contribution is -2.27. The quantitative estimate of drug-likeness (QED) is 0.0912. The van der Waals surface area contributed by atoms with Crippen molar-refractivity contribution in [1.82, 2.24) is 24.8 Å². The van der Waals surface area contributed by atoms with Crippen molar-refractivity contribution in [2.45, 2.75) is 13.0 Å². The largest absolute Gasteiger partial charge is 0.388 e. The van der Waals surface area contributed by atoms with Crippen LogP contribution in [0.15, 0.2) is 54.7 Å². The number of halogens is 2. The molecule has 0 aliphatic heterocycles. The number of amides is 2. The lowest BCUT2D eigenvalue weighted by molar-refractivity contribution is 0.0954. The van der Waals surface area contributed by atoms with Gasteiger partial charge in [-0.25, -0.2) is 4.98 Å². The first kappa shape index (κ1) is 29.1. The number of hydrogen-bond donors (Lipinski definition) is 5. The highest BCUT2D eigenvalue weighted by atomic mass is 35.5. The zero-order valence-corrected chi connectivity index (χ0v) is 23.6. The lowest BCUT2D eigenvalue weighted by Gasteiger charge is -2.20. The minimum Gasteiger partial charge on any atom is -0.388 e. The van der Waals surface area contributed by atoms with E-state index in [2.05, 4.69) is 25.5 Å². The Hall–Kier alpha value is -3.86. The Labute approximate surface area is 242 Å². The van der Waals surface area contributed by atoms with Crippen molar-refractivity contribution in [2.75, 3.05) is 36.7 Å². The number of aryl methyl sites for hydroxylation is 1. The second-order valence-corrected chi connectivity index (χ2v) is 10.1. The van der Waals surface area contributed by atoms with Gasteiger partial charge in [-0.2, -0.15) is 0 Å². The SMILES string of the molecule is Cn1cc(NC(=O)c2ccc(CN(CCCl)CCCl)cc2)cc1-c1nc2ccc(C(=O)NCCC(=N)N)cc2[nH]1. The van der Waals surface area contributed by atoms with Crippen molar-refractivity contribution in [1.29, 1.82) is 5.41 Å².